The van der Waals surface area contributed by atoms with Crippen molar-refractivity contribution in [1.29, 1.82) is 0 Å². The number of hydrogen-bond acceptors (Lipinski definition) is 15. The SMILES string of the molecule is CC1O[C@@H](Oc2ccc(-c3cc(=O)c4c(O)cc(O[C@@H]5OC(C(=O)O)[C@@H](O)[C@H](O)C5O)cc4o3)cc2O)[C@@H](O)C(O)[C@H]1O. The van der Waals surface area contributed by atoms with E-state index in [0.717, 1.165) is 24.3 Å². The Morgan fingerprint density at radius 3 is 2.07 bits per heavy atom. The van der Waals surface area contributed by atoms with Crippen molar-refractivity contribution in [2.75, 3.05) is 0 Å². The van der Waals surface area contributed by atoms with Crippen LogP contribution in [0, 0.1) is 0 Å². The van der Waals surface area contributed by atoms with Crippen LogP contribution in [0.1, 0.15) is 6.92 Å². The number of fused-ring (bicyclic) bond motifs is 1. The van der Waals surface area contributed by atoms with Gasteiger partial charge in [0.15, 0.2) is 23.0 Å². The van der Waals surface area contributed by atoms with Gasteiger partial charge in [0.05, 0.1) is 6.10 Å². The molecule has 0 amide bonds. The molecule has 2 fully saturated rings. The Morgan fingerprint density at radius 2 is 1.42 bits per heavy atom. The summed E-state index contributed by atoms with van der Waals surface area (Å²) in [6.45, 7) is 1.46. The zero-order valence-electron chi connectivity index (χ0n) is 22.1. The molecule has 4 unspecified atom stereocenters. The molecule has 43 heavy (non-hydrogen) atoms. The summed E-state index contributed by atoms with van der Waals surface area (Å²) < 4.78 is 27.1. The van der Waals surface area contributed by atoms with Gasteiger partial charge in [0.1, 0.15) is 64.9 Å². The Morgan fingerprint density at radius 1 is 0.767 bits per heavy atom. The van der Waals surface area contributed by atoms with Crippen molar-refractivity contribution in [2.24, 2.45) is 0 Å². The zero-order valence-corrected chi connectivity index (χ0v) is 22.1. The van der Waals surface area contributed by atoms with Crippen LogP contribution in [0.15, 0.2) is 45.6 Å². The largest absolute Gasteiger partial charge is 0.507 e. The first-order chi connectivity index (χ1) is 20.3. The quantitative estimate of drug-likeness (QED) is 0.152. The van der Waals surface area contributed by atoms with E-state index >= 15 is 0 Å². The van der Waals surface area contributed by atoms with E-state index in [4.69, 9.17) is 23.4 Å². The lowest BCUT2D eigenvalue weighted by Gasteiger charge is -2.38. The van der Waals surface area contributed by atoms with Gasteiger partial charge >= 0.3 is 5.97 Å². The van der Waals surface area contributed by atoms with Crippen LogP contribution in [0.4, 0.5) is 0 Å². The van der Waals surface area contributed by atoms with Crippen LogP contribution >= 0.6 is 0 Å². The van der Waals surface area contributed by atoms with E-state index in [0.29, 0.717) is 0 Å². The van der Waals surface area contributed by atoms with E-state index in [1.54, 1.807) is 0 Å². The standard InChI is InChI=1S/C27H28O16/c1-8-18(31)19(32)22(35)26(39-8)42-14-3-2-9(4-11(14)28)15-7-13(30)17-12(29)5-10(6-16(17)41-15)40-27-23(36)20(33)21(34)24(43-27)25(37)38/h2-8,18-24,26-29,31-36H,1H3,(H,37,38)/t8?,18-,19?,20-,21-,22-,23?,24?,26-,27+/m0/s1. The smallest absolute Gasteiger partial charge is 0.335 e. The number of benzene rings is 2. The molecule has 0 saturated carbocycles. The van der Waals surface area contributed by atoms with Crippen LogP contribution in [0.25, 0.3) is 22.3 Å². The number of carboxylic acid groups (broad SMARTS) is 1. The molecular formula is C27H28O16. The monoisotopic (exact) mass is 608 g/mol. The molecule has 1 aromatic heterocycles. The van der Waals surface area contributed by atoms with Gasteiger partial charge in [0, 0.05) is 23.8 Å². The second kappa shape index (κ2) is 11.6. The number of carbonyl (C=O) groups is 1. The number of aliphatic hydroxyl groups excluding tert-OH is 6. The van der Waals surface area contributed by atoms with Crippen molar-refractivity contribution in [1.82, 2.24) is 0 Å². The summed E-state index contributed by atoms with van der Waals surface area (Å²) in [5.74, 6) is -3.22. The third-order valence-electron chi connectivity index (χ3n) is 7.14. The highest BCUT2D eigenvalue weighted by atomic mass is 16.7. The number of ether oxygens (including phenoxy) is 4. The van der Waals surface area contributed by atoms with Gasteiger partial charge in [-0.3, -0.25) is 4.79 Å². The number of hydrogen-bond donors (Lipinski definition) is 9. The highest BCUT2D eigenvalue weighted by Crippen LogP contribution is 2.37. The first kappa shape index (κ1) is 30.5. The predicted molar refractivity (Wildman–Crippen MR) is 139 cm³/mol. The molecule has 0 spiro atoms. The number of phenols is 2. The normalized spacial score (nSPS) is 32.8. The zero-order chi connectivity index (χ0) is 31.3. The van der Waals surface area contributed by atoms with Gasteiger partial charge in [-0.2, -0.15) is 0 Å². The van der Waals surface area contributed by atoms with Crippen LogP contribution in [0.2, 0.25) is 0 Å². The van der Waals surface area contributed by atoms with Crippen LogP contribution in [0.5, 0.6) is 23.0 Å². The molecule has 16 heteroatoms. The summed E-state index contributed by atoms with van der Waals surface area (Å²) in [7, 11) is 0. The average Bonchev–Trinajstić information content (AvgIpc) is 2.95. The van der Waals surface area contributed by atoms with E-state index in [1.807, 2.05) is 0 Å². The van der Waals surface area contributed by atoms with Gasteiger partial charge in [-0.25, -0.2) is 4.79 Å². The Balaban J connectivity index is 1.41. The maximum Gasteiger partial charge on any atom is 0.335 e. The minimum atomic E-state index is -1.95. The number of rotatable bonds is 6. The second-order valence-corrected chi connectivity index (χ2v) is 10.1. The van der Waals surface area contributed by atoms with E-state index in [2.05, 4.69) is 0 Å². The van der Waals surface area contributed by atoms with Crippen molar-refractivity contribution in [3.63, 3.8) is 0 Å². The van der Waals surface area contributed by atoms with Crippen molar-refractivity contribution < 1.29 is 74.1 Å². The first-order valence-corrected chi connectivity index (χ1v) is 12.9. The minimum Gasteiger partial charge on any atom is -0.507 e. The van der Waals surface area contributed by atoms with Gasteiger partial charge in [-0.05, 0) is 25.1 Å². The van der Waals surface area contributed by atoms with E-state index in [9.17, 15) is 55.5 Å². The van der Waals surface area contributed by atoms with Crippen LogP contribution in [-0.4, -0.2) is 113 Å². The number of aliphatic hydroxyl groups is 6. The molecule has 9 N–H and O–H groups in total. The highest BCUT2D eigenvalue weighted by Gasteiger charge is 2.48. The first-order valence-electron chi connectivity index (χ1n) is 12.9. The number of carboxylic acids is 1. The lowest BCUT2D eigenvalue weighted by molar-refractivity contribution is -0.271. The Bertz CT molecular complexity index is 1570. The lowest BCUT2D eigenvalue weighted by Crippen LogP contribution is -2.61. The summed E-state index contributed by atoms with van der Waals surface area (Å²) in [6, 6.07) is 6.95. The van der Waals surface area contributed by atoms with Gasteiger partial charge in [-0.1, -0.05) is 0 Å². The summed E-state index contributed by atoms with van der Waals surface area (Å²) in [5.41, 5.74) is -0.756. The molecule has 5 rings (SSSR count). The molecule has 2 aliphatic rings. The molecule has 10 atom stereocenters. The van der Waals surface area contributed by atoms with Crippen LogP contribution in [-0.2, 0) is 14.3 Å². The van der Waals surface area contributed by atoms with Crippen LogP contribution in [0.3, 0.4) is 0 Å². The lowest BCUT2D eigenvalue weighted by atomic mass is 9.99. The summed E-state index contributed by atoms with van der Waals surface area (Å²) in [4.78, 5) is 24.2. The topological polar surface area (TPSA) is 266 Å². The number of phenolic OH excluding ortho intramolecular Hbond substituents is 2. The van der Waals surface area contributed by atoms with Gasteiger partial charge in [-0.15, -0.1) is 0 Å². The fraction of sp³-hybridized carbons (Fsp3) is 0.407. The number of aromatic hydroxyl groups is 2. The molecule has 2 aliphatic heterocycles. The minimum absolute atomic E-state index is 0.0875. The fourth-order valence-corrected chi connectivity index (χ4v) is 4.74. The molecule has 0 bridgehead atoms. The third kappa shape index (κ3) is 5.69. The van der Waals surface area contributed by atoms with Crippen molar-refractivity contribution in [3.8, 4) is 34.3 Å². The molecule has 0 aliphatic carbocycles. The Kier molecular flexibility index (Phi) is 8.21. The second-order valence-electron chi connectivity index (χ2n) is 10.1. The molecule has 2 saturated heterocycles. The van der Waals surface area contributed by atoms with E-state index in [1.165, 1.54) is 19.1 Å². The summed E-state index contributed by atoms with van der Waals surface area (Å²) >= 11 is 0. The molecule has 3 aromatic rings. The maximum absolute atomic E-state index is 12.9. The predicted octanol–water partition coefficient (Wildman–Crippen LogP) is -1.65. The van der Waals surface area contributed by atoms with Crippen molar-refractivity contribution in [3.05, 3.63) is 46.6 Å². The van der Waals surface area contributed by atoms with Gasteiger partial charge in [0.2, 0.25) is 12.6 Å². The Labute approximate surface area is 240 Å². The third-order valence-corrected chi connectivity index (χ3v) is 7.14. The maximum atomic E-state index is 12.9. The molecular weight excluding hydrogens is 580 g/mol. The fourth-order valence-electron chi connectivity index (χ4n) is 4.74. The van der Waals surface area contributed by atoms with E-state index in [-0.39, 0.29) is 33.8 Å². The molecule has 16 nitrogen and oxygen atoms in total. The van der Waals surface area contributed by atoms with Crippen molar-refractivity contribution in [2.45, 2.75) is 68.3 Å². The molecule has 0 radical (unpaired) electrons. The number of aliphatic carboxylic acids is 1. The molecule has 3 heterocycles. The summed E-state index contributed by atoms with van der Waals surface area (Å²) in [6.07, 6.45) is -16.4. The van der Waals surface area contributed by atoms with E-state index < -0.39 is 84.3 Å². The highest BCUT2D eigenvalue weighted by molar-refractivity contribution is 5.86. The summed E-state index contributed by atoms with van der Waals surface area (Å²) in [5, 5.41) is 90.1. The molecule has 2 aromatic carbocycles. The van der Waals surface area contributed by atoms with Crippen LogP contribution < -0.4 is 14.9 Å². The molecule has 232 valence electrons. The average molecular weight is 609 g/mol. The van der Waals surface area contributed by atoms with Gasteiger partial charge < -0.3 is 69.3 Å². The Hall–Kier alpha value is -4.00. The van der Waals surface area contributed by atoms with Gasteiger partial charge in [0.25, 0.3) is 0 Å². The van der Waals surface area contributed by atoms with Crippen molar-refractivity contribution >= 4 is 16.9 Å².